The van der Waals surface area contributed by atoms with E-state index in [0.717, 1.165) is 10.4 Å². The van der Waals surface area contributed by atoms with Gasteiger partial charge in [0, 0.05) is 14.9 Å². The van der Waals surface area contributed by atoms with Gasteiger partial charge in [0.1, 0.15) is 0 Å². The lowest BCUT2D eigenvalue weighted by Crippen LogP contribution is -2.12. The van der Waals surface area contributed by atoms with Crippen LogP contribution in [0.4, 0.5) is 5.69 Å². The van der Waals surface area contributed by atoms with E-state index in [2.05, 4.69) is 20.7 Å². The highest BCUT2D eigenvalue weighted by Crippen LogP contribution is 2.34. The number of anilines is 1. The molecule has 0 radical (unpaired) electrons. The Kier molecular flexibility index (Phi) is 4.17. The Bertz CT molecular complexity index is 854. The number of hydrogen-bond acceptors (Lipinski definition) is 4. The molecule has 0 saturated heterocycles. The van der Waals surface area contributed by atoms with Gasteiger partial charge in [-0.05, 0) is 44.9 Å². The summed E-state index contributed by atoms with van der Waals surface area (Å²) in [4.78, 5) is 1.03. The van der Waals surface area contributed by atoms with Crippen molar-refractivity contribution in [1.82, 2.24) is 0 Å². The van der Waals surface area contributed by atoms with Crippen molar-refractivity contribution in [2.24, 2.45) is 0 Å². The highest BCUT2D eigenvalue weighted by atomic mass is 79.9. The normalized spacial score (nSPS) is 11.5. The predicted octanol–water partition coefficient (Wildman–Crippen LogP) is 5.04. The van der Waals surface area contributed by atoms with Crippen LogP contribution in [0.1, 0.15) is 0 Å². The number of sulfonamides is 1. The van der Waals surface area contributed by atoms with Crippen LogP contribution in [-0.2, 0) is 10.0 Å². The summed E-state index contributed by atoms with van der Waals surface area (Å²) in [5.41, 5.74) is 1.46. The Hall–Kier alpha value is -1.15. The minimum absolute atomic E-state index is 0.281. The largest absolute Gasteiger partial charge is 0.278 e. The first-order valence-corrected chi connectivity index (χ1v) is 10.0. The number of halogens is 1. The van der Waals surface area contributed by atoms with Crippen LogP contribution in [0.2, 0.25) is 0 Å². The molecule has 2 heterocycles. The molecule has 0 spiro atoms. The van der Waals surface area contributed by atoms with Crippen molar-refractivity contribution in [3.63, 3.8) is 0 Å². The van der Waals surface area contributed by atoms with E-state index in [4.69, 9.17) is 0 Å². The summed E-state index contributed by atoms with van der Waals surface area (Å²) >= 11 is 6.03. The molecular weight excluding hydrogens is 390 g/mol. The Morgan fingerprint density at radius 1 is 0.952 bits per heavy atom. The maximum atomic E-state index is 12.5. The van der Waals surface area contributed by atoms with Gasteiger partial charge in [-0.25, -0.2) is 8.42 Å². The zero-order valence-corrected chi connectivity index (χ0v) is 14.7. The molecule has 3 aromatic rings. The second-order valence-electron chi connectivity index (χ2n) is 4.18. The molecule has 0 unspecified atom stereocenters. The molecule has 0 aliphatic carbocycles. The van der Waals surface area contributed by atoms with Gasteiger partial charge in [0.25, 0.3) is 10.0 Å². The van der Waals surface area contributed by atoms with Crippen LogP contribution in [0.15, 0.2) is 61.9 Å². The van der Waals surface area contributed by atoms with Crippen LogP contribution in [-0.4, -0.2) is 8.42 Å². The van der Waals surface area contributed by atoms with Gasteiger partial charge in [-0.2, -0.15) is 0 Å². The minimum atomic E-state index is -3.59. The van der Waals surface area contributed by atoms with Gasteiger partial charge in [0.15, 0.2) is 4.21 Å². The third-order valence-corrected chi connectivity index (χ3v) is 7.73. The number of hydrogen-bond donors (Lipinski definition) is 1. The molecule has 3 rings (SSSR count). The van der Waals surface area contributed by atoms with E-state index < -0.39 is 10.0 Å². The summed E-state index contributed by atoms with van der Waals surface area (Å²) in [6, 6.07) is 13.0. The van der Waals surface area contributed by atoms with Crippen molar-refractivity contribution >= 4 is 54.3 Å². The van der Waals surface area contributed by atoms with E-state index in [1.807, 2.05) is 35.7 Å². The van der Waals surface area contributed by atoms with Gasteiger partial charge in [-0.15, -0.1) is 22.7 Å². The number of thiophene rings is 2. The van der Waals surface area contributed by atoms with Crippen molar-refractivity contribution < 1.29 is 8.42 Å². The Labute approximate surface area is 139 Å². The number of rotatable bonds is 4. The molecule has 0 bridgehead atoms. The lowest BCUT2D eigenvalue weighted by atomic mass is 10.1. The monoisotopic (exact) mass is 399 g/mol. The molecule has 21 heavy (non-hydrogen) atoms. The van der Waals surface area contributed by atoms with Crippen LogP contribution in [0.5, 0.6) is 0 Å². The molecule has 0 fully saturated rings. The molecule has 1 aromatic carbocycles. The zero-order chi connectivity index (χ0) is 14.9. The second-order valence-corrected chi connectivity index (χ2v) is 8.78. The van der Waals surface area contributed by atoms with Gasteiger partial charge >= 0.3 is 0 Å². The fourth-order valence-electron chi connectivity index (χ4n) is 1.88. The maximum Gasteiger partial charge on any atom is 0.272 e. The third kappa shape index (κ3) is 3.06. The van der Waals surface area contributed by atoms with Gasteiger partial charge in [-0.3, -0.25) is 4.72 Å². The van der Waals surface area contributed by atoms with Crippen LogP contribution >= 0.6 is 38.6 Å². The smallest absolute Gasteiger partial charge is 0.272 e. The molecule has 108 valence electrons. The van der Waals surface area contributed by atoms with Crippen LogP contribution in [0.25, 0.3) is 10.4 Å². The molecule has 3 nitrogen and oxygen atoms in total. The average molecular weight is 400 g/mol. The number of para-hydroxylation sites is 1. The molecule has 0 atom stereocenters. The molecule has 2 aromatic heterocycles. The Morgan fingerprint density at radius 2 is 1.76 bits per heavy atom. The second kappa shape index (κ2) is 5.92. The van der Waals surface area contributed by atoms with Gasteiger partial charge < -0.3 is 0 Å². The van der Waals surface area contributed by atoms with Crippen molar-refractivity contribution in [3.05, 3.63) is 57.7 Å². The van der Waals surface area contributed by atoms with E-state index in [9.17, 15) is 8.42 Å². The number of nitrogens with one attached hydrogen (secondary N) is 1. The van der Waals surface area contributed by atoms with E-state index in [1.54, 1.807) is 28.8 Å². The summed E-state index contributed by atoms with van der Waals surface area (Å²) in [6.07, 6.45) is 0. The SMILES string of the molecule is O=S(=O)(Nc1ccccc1-c1cccs1)c1sccc1Br. The van der Waals surface area contributed by atoms with Gasteiger partial charge in [-0.1, -0.05) is 24.3 Å². The predicted molar refractivity (Wildman–Crippen MR) is 92.6 cm³/mol. The summed E-state index contributed by atoms with van der Waals surface area (Å²) in [7, 11) is -3.59. The summed E-state index contributed by atoms with van der Waals surface area (Å²) in [6.45, 7) is 0. The van der Waals surface area contributed by atoms with Crippen molar-refractivity contribution in [2.45, 2.75) is 4.21 Å². The highest BCUT2D eigenvalue weighted by molar-refractivity contribution is 9.10. The van der Waals surface area contributed by atoms with Crippen molar-refractivity contribution in [2.75, 3.05) is 4.72 Å². The molecule has 0 saturated carbocycles. The quantitative estimate of drug-likeness (QED) is 0.667. The van der Waals surface area contributed by atoms with E-state index in [0.29, 0.717) is 10.2 Å². The van der Waals surface area contributed by atoms with E-state index >= 15 is 0 Å². The number of benzene rings is 1. The van der Waals surface area contributed by atoms with Gasteiger partial charge in [0.05, 0.1) is 5.69 Å². The van der Waals surface area contributed by atoms with Crippen molar-refractivity contribution in [1.29, 1.82) is 0 Å². The lowest BCUT2D eigenvalue weighted by molar-refractivity contribution is 0.603. The standard InChI is InChI=1S/C14H10BrNO2S3/c15-11-7-9-20-14(11)21(17,18)16-12-5-2-1-4-10(12)13-6-3-8-19-13/h1-9,16H. The summed E-state index contributed by atoms with van der Waals surface area (Å²) in [5.74, 6) is 0. The third-order valence-electron chi connectivity index (χ3n) is 2.79. The van der Waals surface area contributed by atoms with E-state index in [1.165, 1.54) is 11.3 Å². The molecule has 0 aliphatic rings. The molecule has 7 heteroatoms. The van der Waals surface area contributed by atoms with Crippen molar-refractivity contribution in [3.8, 4) is 10.4 Å². The van der Waals surface area contributed by atoms with Crippen LogP contribution < -0.4 is 4.72 Å². The first-order chi connectivity index (χ1) is 10.1. The average Bonchev–Trinajstić information content (AvgIpc) is 3.10. The first kappa shape index (κ1) is 14.8. The molecule has 0 aliphatic heterocycles. The first-order valence-electron chi connectivity index (χ1n) is 5.96. The van der Waals surface area contributed by atoms with Gasteiger partial charge in [0.2, 0.25) is 0 Å². The Morgan fingerprint density at radius 3 is 2.43 bits per heavy atom. The highest BCUT2D eigenvalue weighted by Gasteiger charge is 2.20. The maximum absolute atomic E-state index is 12.5. The van der Waals surface area contributed by atoms with Crippen LogP contribution in [0, 0.1) is 0 Å². The minimum Gasteiger partial charge on any atom is -0.278 e. The zero-order valence-electron chi connectivity index (χ0n) is 10.6. The fraction of sp³-hybridized carbons (Fsp3) is 0. The fourth-order valence-corrected chi connectivity index (χ4v) is 6.07. The van der Waals surface area contributed by atoms with Crippen LogP contribution in [0.3, 0.4) is 0 Å². The topological polar surface area (TPSA) is 46.2 Å². The summed E-state index contributed by atoms with van der Waals surface area (Å²) < 4.78 is 28.5. The lowest BCUT2D eigenvalue weighted by Gasteiger charge is -2.11. The summed E-state index contributed by atoms with van der Waals surface area (Å²) in [5, 5.41) is 3.71. The van der Waals surface area contributed by atoms with E-state index in [-0.39, 0.29) is 4.21 Å². The Balaban J connectivity index is 2.02. The molecular formula is C14H10BrNO2S3. The molecule has 0 amide bonds. The molecule has 1 N–H and O–H groups in total.